The van der Waals surface area contributed by atoms with Gasteiger partial charge in [0.05, 0.1) is 6.54 Å². The Morgan fingerprint density at radius 2 is 2.11 bits per heavy atom. The third-order valence-corrected chi connectivity index (χ3v) is 2.93. The number of benzene rings is 1. The first kappa shape index (κ1) is 12.2. The number of aryl methyl sites for hydroxylation is 2. The molecule has 0 radical (unpaired) electrons. The molecular weight excluding hydrogens is 226 g/mol. The van der Waals surface area contributed by atoms with E-state index in [1.807, 2.05) is 19.1 Å². The molecule has 0 aliphatic rings. The first-order valence-electron chi connectivity index (χ1n) is 5.72. The second-order valence-electron chi connectivity index (χ2n) is 4.22. The highest BCUT2D eigenvalue weighted by molar-refractivity contribution is 5.95. The molecule has 0 bridgehead atoms. The van der Waals surface area contributed by atoms with E-state index in [-0.39, 0.29) is 5.91 Å². The lowest BCUT2D eigenvalue weighted by Gasteiger charge is -2.07. The van der Waals surface area contributed by atoms with E-state index in [0.717, 1.165) is 5.69 Å². The number of amides is 1. The Kier molecular flexibility index (Phi) is 3.37. The number of carbonyl (C=O) groups excluding carboxylic acids is 1. The lowest BCUT2D eigenvalue weighted by molar-refractivity contribution is 0.0998. The van der Waals surface area contributed by atoms with Crippen LogP contribution in [0.5, 0.6) is 0 Å². The Morgan fingerprint density at radius 1 is 1.39 bits per heavy atom. The molecule has 2 rings (SSSR count). The smallest absolute Gasteiger partial charge is 0.265 e. The van der Waals surface area contributed by atoms with E-state index in [1.54, 1.807) is 10.7 Å². The zero-order valence-electron chi connectivity index (χ0n) is 10.6. The normalized spacial score (nSPS) is 10.3. The molecular formula is C14H15N3O. The summed E-state index contributed by atoms with van der Waals surface area (Å²) in [5.41, 5.74) is 3.68. The number of rotatable bonds is 3. The highest BCUT2D eigenvalue weighted by Gasteiger charge is 2.11. The third kappa shape index (κ3) is 2.37. The third-order valence-electron chi connectivity index (χ3n) is 2.93. The lowest BCUT2D eigenvalue weighted by atomic mass is 10.1. The quantitative estimate of drug-likeness (QED) is 0.775. The Morgan fingerprint density at radius 3 is 2.78 bits per heavy atom. The predicted molar refractivity (Wildman–Crippen MR) is 71.1 cm³/mol. The molecule has 0 unspecified atom stereocenters. The summed E-state index contributed by atoms with van der Waals surface area (Å²) in [6.07, 6.45) is 0. The molecule has 1 heterocycles. The van der Waals surface area contributed by atoms with E-state index in [0.29, 0.717) is 12.2 Å². The zero-order valence-corrected chi connectivity index (χ0v) is 10.6. The van der Waals surface area contributed by atoms with Crippen molar-refractivity contribution in [1.29, 1.82) is 0 Å². The Bertz CT molecular complexity index is 599. The summed E-state index contributed by atoms with van der Waals surface area (Å²) >= 11 is 0. The fourth-order valence-electron chi connectivity index (χ4n) is 1.80. The number of carbonyl (C=O) groups is 1. The number of aromatic nitrogens is 2. The fraction of sp³-hybridized carbons (Fsp3) is 0.214. The Balaban J connectivity index is 2.30. The van der Waals surface area contributed by atoms with Crippen LogP contribution in [0.2, 0.25) is 0 Å². The van der Waals surface area contributed by atoms with Crippen LogP contribution in [0.4, 0.5) is 0 Å². The van der Waals surface area contributed by atoms with Gasteiger partial charge >= 0.3 is 0 Å². The summed E-state index contributed by atoms with van der Waals surface area (Å²) in [6, 6.07) is 9.86. The van der Waals surface area contributed by atoms with Gasteiger partial charge in [-0.05, 0) is 37.8 Å². The van der Waals surface area contributed by atoms with Crippen LogP contribution in [0.3, 0.4) is 0 Å². The summed E-state index contributed by atoms with van der Waals surface area (Å²) < 4.78 is 1.81. The highest BCUT2D eigenvalue weighted by atomic mass is 16.1. The van der Waals surface area contributed by atoms with E-state index in [1.165, 1.54) is 11.1 Å². The van der Waals surface area contributed by atoms with Gasteiger partial charge in [0.15, 0.2) is 5.69 Å². The maximum atomic E-state index is 11.4. The van der Waals surface area contributed by atoms with Gasteiger partial charge in [-0.3, -0.25) is 9.48 Å². The van der Waals surface area contributed by atoms with Crippen LogP contribution < -0.4 is 0 Å². The molecule has 4 nitrogen and oxygen atoms in total. The van der Waals surface area contributed by atoms with Crippen LogP contribution >= 0.6 is 0 Å². The SMILES string of the molecule is C=NC(=O)c1cc(C)n(Cc2ccccc2C)n1. The standard InChI is InChI=1S/C14H15N3O/c1-10-6-4-5-7-12(10)9-17-11(2)8-13(16-17)14(18)15-3/h4-8H,3,9H2,1-2H3. The second kappa shape index (κ2) is 4.96. The molecule has 1 aromatic heterocycles. The Hall–Kier alpha value is -2.23. The number of hydrogen-bond acceptors (Lipinski definition) is 2. The van der Waals surface area contributed by atoms with E-state index >= 15 is 0 Å². The van der Waals surface area contributed by atoms with Crippen LogP contribution in [-0.2, 0) is 6.54 Å². The minimum Gasteiger partial charge on any atom is -0.265 e. The average Bonchev–Trinajstić information content (AvgIpc) is 2.73. The fourth-order valence-corrected chi connectivity index (χ4v) is 1.80. The number of aliphatic imine (C=N–C) groups is 1. The van der Waals surface area contributed by atoms with Crippen molar-refractivity contribution in [2.45, 2.75) is 20.4 Å². The molecule has 0 aliphatic heterocycles. The van der Waals surface area contributed by atoms with E-state index in [2.05, 4.69) is 35.9 Å². The average molecular weight is 241 g/mol. The van der Waals surface area contributed by atoms with Crippen LogP contribution in [-0.4, -0.2) is 22.4 Å². The first-order valence-corrected chi connectivity index (χ1v) is 5.72. The molecule has 4 heteroatoms. The van der Waals surface area contributed by atoms with Crippen molar-refractivity contribution in [3.63, 3.8) is 0 Å². The molecule has 0 spiro atoms. The molecule has 0 saturated carbocycles. The van der Waals surface area contributed by atoms with Gasteiger partial charge in [0.1, 0.15) is 0 Å². The number of nitrogens with zero attached hydrogens (tertiary/aromatic N) is 3. The lowest BCUT2D eigenvalue weighted by Crippen LogP contribution is -2.06. The summed E-state index contributed by atoms with van der Waals surface area (Å²) in [7, 11) is 0. The van der Waals surface area contributed by atoms with Crippen molar-refractivity contribution in [1.82, 2.24) is 9.78 Å². The number of hydrogen-bond donors (Lipinski definition) is 0. The van der Waals surface area contributed by atoms with Crippen molar-refractivity contribution in [3.8, 4) is 0 Å². The van der Waals surface area contributed by atoms with Crippen molar-refractivity contribution in [2.24, 2.45) is 4.99 Å². The molecule has 18 heavy (non-hydrogen) atoms. The minimum atomic E-state index is -0.387. The van der Waals surface area contributed by atoms with Crippen LogP contribution in [0.25, 0.3) is 0 Å². The Labute approximate surface area is 106 Å². The summed E-state index contributed by atoms with van der Waals surface area (Å²) in [5.74, 6) is -0.387. The topological polar surface area (TPSA) is 47.2 Å². The molecule has 1 amide bonds. The van der Waals surface area contributed by atoms with E-state index < -0.39 is 0 Å². The van der Waals surface area contributed by atoms with Gasteiger partial charge in [-0.2, -0.15) is 5.10 Å². The summed E-state index contributed by atoms with van der Waals surface area (Å²) in [4.78, 5) is 14.8. The van der Waals surface area contributed by atoms with Crippen LogP contribution in [0.15, 0.2) is 35.3 Å². The second-order valence-corrected chi connectivity index (χ2v) is 4.22. The van der Waals surface area contributed by atoms with Gasteiger partial charge < -0.3 is 0 Å². The molecule has 2 aromatic rings. The highest BCUT2D eigenvalue weighted by Crippen LogP contribution is 2.12. The van der Waals surface area contributed by atoms with E-state index in [4.69, 9.17) is 0 Å². The largest absolute Gasteiger partial charge is 0.296 e. The van der Waals surface area contributed by atoms with Crippen molar-refractivity contribution in [3.05, 3.63) is 52.8 Å². The van der Waals surface area contributed by atoms with Crippen LogP contribution in [0, 0.1) is 13.8 Å². The summed E-state index contributed by atoms with van der Waals surface area (Å²) in [6.45, 7) is 7.86. The van der Waals surface area contributed by atoms with Gasteiger partial charge in [-0.25, -0.2) is 4.99 Å². The van der Waals surface area contributed by atoms with Gasteiger partial charge in [-0.15, -0.1) is 0 Å². The molecule has 0 fully saturated rings. The van der Waals surface area contributed by atoms with Gasteiger partial charge in [0.2, 0.25) is 0 Å². The predicted octanol–water partition coefficient (Wildman–Crippen LogP) is 2.39. The molecule has 0 N–H and O–H groups in total. The first-order chi connectivity index (χ1) is 8.61. The van der Waals surface area contributed by atoms with E-state index in [9.17, 15) is 4.79 Å². The maximum Gasteiger partial charge on any atom is 0.296 e. The summed E-state index contributed by atoms with van der Waals surface area (Å²) in [5, 5.41) is 4.25. The molecule has 0 aliphatic carbocycles. The van der Waals surface area contributed by atoms with Crippen molar-refractivity contribution in [2.75, 3.05) is 0 Å². The molecule has 92 valence electrons. The van der Waals surface area contributed by atoms with Gasteiger partial charge in [-0.1, -0.05) is 24.3 Å². The van der Waals surface area contributed by atoms with Gasteiger partial charge in [0.25, 0.3) is 5.91 Å². The van der Waals surface area contributed by atoms with Crippen LogP contribution in [0.1, 0.15) is 27.3 Å². The van der Waals surface area contributed by atoms with Crippen molar-refractivity contribution >= 4 is 12.6 Å². The molecule has 1 aromatic carbocycles. The maximum absolute atomic E-state index is 11.4. The molecule has 0 saturated heterocycles. The van der Waals surface area contributed by atoms with Gasteiger partial charge in [0, 0.05) is 5.69 Å². The zero-order chi connectivity index (χ0) is 13.1. The van der Waals surface area contributed by atoms with Crippen molar-refractivity contribution < 1.29 is 4.79 Å². The molecule has 0 atom stereocenters. The minimum absolute atomic E-state index is 0.344. The monoisotopic (exact) mass is 241 g/mol.